The maximum Gasteiger partial charge on any atom is 0.334 e. The first kappa shape index (κ1) is 36.8. The lowest BCUT2D eigenvalue weighted by molar-refractivity contribution is -0.155. The number of carbonyl (C=O) groups is 4. The molecule has 0 aromatic carbocycles. The van der Waals surface area contributed by atoms with E-state index in [9.17, 15) is 19.2 Å². The summed E-state index contributed by atoms with van der Waals surface area (Å²) in [5.41, 5.74) is -0.0835. The maximum absolute atomic E-state index is 13.2. The Labute approximate surface area is 260 Å². The van der Waals surface area contributed by atoms with Gasteiger partial charge < -0.3 is 34.1 Å². The van der Waals surface area contributed by atoms with E-state index in [4.69, 9.17) is 28.8 Å². The third-order valence-electron chi connectivity index (χ3n) is 7.71. The van der Waals surface area contributed by atoms with Gasteiger partial charge in [-0.1, -0.05) is 58.8 Å². The fourth-order valence-corrected chi connectivity index (χ4v) is 5.38. The third kappa shape index (κ3) is 13.1. The number of esters is 2. The Kier molecular flexibility index (Phi) is 16.5. The number of hydrogen-bond acceptors (Lipinski definition) is 10. The smallest absolute Gasteiger partial charge is 0.334 e. The van der Waals surface area contributed by atoms with Gasteiger partial charge in [0.25, 0.3) is 5.91 Å². The molecule has 1 amide bonds. The summed E-state index contributed by atoms with van der Waals surface area (Å²) in [7, 11) is 1.42. The minimum atomic E-state index is -0.804. The zero-order valence-corrected chi connectivity index (χ0v) is 26.8. The van der Waals surface area contributed by atoms with Crippen molar-refractivity contribution in [1.29, 1.82) is 0 Å². The summed E-state index contributed by atoms with van der Waals surface area (Å²) in [5, 5.41) is 10.8. The molecule has 2 unspecified atom stereocenters. The van der Waals surface area contributed by atoms with Crippen LogP contribution in [0.2, 0.25) is 0 Å². The fraction of sp³-hybridized carbons (Fsp3) is 0.719. The summed E-state index contributed by atoms with van der Waals surface area (Å²) in [5.74, 6) is -1.01. The lowest BCUT2D eigenvalue weighted by atomic mass is 9.85. The monoisotopic (exact) mass is 622 g/mol. The van der Waals surface area contributed by atoms with E-state index in [1.807, 2.05) is 6.92 Å². The lowest BCUT2D eigenvalue weighted by Crippen LogP contribution is -2.43. The highest BCUT2D eigenvalue weighted by molar-refractivity contribution is 5.98. The molecule has 0 bridgehead atoms. The number of methoxy groups -OCH3 is 1. The minimum Gasteiger partial charge on any atom is -0.493 e. The van der Waals surface area contributed by atoms with Crippen molar-refractivity contribution in [3.63, 3.8) is 0 Å². The molecular formula is C32H50N2O10. The predicted octanol–water partition coefficient (Wildman–Crippen LogP) is 4.92. The second kappa shape index (κ2) is 19.8. The number of carbonyl (C=O) groups excluding carboxylic acids is 3. The van der Waals surface area contributed by atoms with Crippen LogP contribution in [-0.2, 0) is 28.6 Å². The summed E-state index contributed by atoms with van der Waals surface area (Å²) in [4.78, 5) is 51.8. The number of ether oxygens (including phenoxy) is 5. The molecule has 1 aliphatic carbocycles. The van der Waals surface area contributed by atoms with Gasteiger partial charge in [0.05, 0.1) is 19.1 Å². The van der Waals surface area contributed by atoms with Gasteiger partial charge in [-0.3, -0.25) is 9.59 Å². The summed E-state index contributed by atoms with van der Waals surface area (Å²) in [6.07, 6.45) is 11.9. The van der Waals surface area contributed by atoms with Gasteiger partial charge in [0, 0.05) is 18.9 Å². The van der Waals surface area contributed by atoms with Crippen molar-refractivity contribution in [2.24, 2.45) is 17.8 Å². The normalized spacial score (nSPS) is 21.0. The Bertz CT molecular complexity index is 1060. The predicted molar refractivity (Wildman–Crippen MR) is 161 cm³/mol. The average Bonchev–Trinajstić information content (AvgIpc) is 3.50. The van der Waals surface area contributed by atoms with E-state index in [1.165, 1.54) is 51.5 Å². The van der Waals surface area contributed by atoms with Crippen molar-refractivity contribution in [3.8, 4) is 11.5 Å². The standard InChI is InChI=1S/C28H42N2O8.C4H8O2/c1-4-35-17-24(31)36-18-37-26-23(34-3)13-14-29-25(26)27(32)30-22-12-8-7-11-21(15-19(2)38-28(22)33)16-20-9-5-6-10-20;1-3(2)4(5)6/h13-14,19-22H,4-12,15-18H2,1-3H3,(H,30,32);3H,1-2H3,(H,5,6)/t19?,21?,22-;/m0./s1. The van der Waals surface area contributed by atoms with Gasteiger partial charge in [-0.25, -0.2) is 14.6 Å². The van der Waals surface area contributed by atoms with Gasteiger partial charge in [0.15, 0.2) is 17.2 Å². The zero-order chi connectivity index (χ0) is 32.5. The summed E-state index contributed by atoms with van der Waals surface area (Å²) >= 11 is 0. The van der Waals surface area contributed by atoms with E-state index in [0.717, 1.165) is 31.6 Å². The van der Waals surface area contributed by atoms with Crippen LogP contribution in [0.1, 0.15) is 102 Å². The number of aliphatic carboxylic acids is 1. The number of rotatable bonds is 12. The molecular weight excluding hydrogens is 572 g/mol. The van der Waals surface area contributed by atoms with Gasteiger partial charge in [0.2, 0.25) is 6.79 Å². The van der Waals surface area contributed by atoms with Crippen molar-refractivity contribution in [3.05, 3.63) is 18.0 Å². The zero-order valence-electron chi connectivity index (χ0n) is 26.8. The molecule has 2 heterocycles. The first-order valence-electron chi connectivity index (χ1n) is 15.7. The van der Waals surface area contributed by atoms with E-state index in [2.05, 4.69) is 10.3 Å². The van der Waals surface area contributed by atoms with Gasteiger partial charge in [-0.05, 0) is 44.9 Å². The molecule has 248 valence electrons. The molecule has 0 spiro atoms. The van der Waals surface area contributed by atoms with Crippen molar-refractivity contribution in [1.82, 2.24) is 10.3 Å². The van der Waals surface area contributed by atoms with Crippen LogP contribution in [0.4, 0.5) is 0 Å². The molecule has 3 atom stereocenters. The van der Waals surface area contributed by atoms with E-state index in [-0.39, 0.29) is 35.8 Å². The second-order valence-corrected chi connectivity index (χ2v) is 11.6. The summed E-state index contributed by atoms with van der Waals surface area (Å²) in [6.45, 7) is 6.69. The van der Waals surface area contributed by atoms with Crippen molar-refractivity contribution >= 4 is 23.8 Å². The van der Waals surface area contributed by atoms with Gasteiger partial charge >= 0.3 is 17.9 Å². The molecule has 2 aliphatic rings. The van der Waals surface area contributed by atoms with Crippen molar-refractivity contribution in [2.75, 3.05) is 27.1 Å². The highest BCUT2D eigenvalue weighted by Gasteiger charge is 2.30. The second-order valence-electron chi connectivity index (χ2n) is 11.6. The van der Waals surface area contributed by atoms with Crippen LogP contribution >= 0.6 is 0 Å². The van der Waals surface area contributed by atoms with E-state index in [1.54, 1.807) is 20.8 Å². The van der Waals surface area contributed by atoms with Gasteiger partial charge in [-0.15, -0.1) is 0 Å². The average molecular weight is 623 g/mol. The Balaban J connectivity index is 0.00000102. The molecule has 1 saturated carbocycles. The molecule has 2 N–H and O–H groups in total. The first-order valence-corrected chi connectivity index (χ1v) is 15.7. The first-order chi connectivity index (χ1) is 21.0. The molecule has 2 fully saturated rings. The van der Waals surface area contributed by atoms with Crippen LogP contribution in [0, 0.1) is 17.8 Å². The number of amides is 1. The van der Waals surface area contributed by atoms with Crippen LogP contribution < -0.4 is 14.8 Å². The molecule has 1 aliphatic heterocycles. The molecule has 1 aromatic heterocycles. The molecule has 44 heavy (non-hydrogen) atoms. The molecule has 12 nitrogen and oxygen atoms in total. The number of hydrogen-bond donors (Lipinski definition) is 2. The number of cyclic esters (lactones) is 1. The van der Waals surface area contributed by atoms with Crippen molar-refractivity contribution < 1.29 is 48.0 Å². The number of carboxylic acid groups (broad SMARTS) is 1. The van der Waals surface area contributed by atoms with E-state index in [0.29, 0.717) is 18.9 Å². The van der Waals surface area contributed by atoms with Crippen LogP contribution in [0.5, 0.6) is 11.5 Å². The number of nitrogens with one attached hydrogen (secondary N) is 1. The third-order valence-corrected chi connectivity index (χ3v) is 7.71. The molecule has 12 heteroatoms. The van der Waals surface area contributed by atoms with Crippen LogP contribution in [0.3, 0.4) is 0 Å². The van der Waals surface area contributed by atoms with Gasteiger partial charge in [0.1, 0.15) is 12.6 Å². The quantitative estimate of drug-likeness (QED) is 0.240. The van der Waals surface area contributed by atoms with Crippen LogP contribution in [0.15, 0.2) is 12.3 Å². The molecule has 3 rings (SSSR count). The molecule has 0 radical (unpaired) electrons. The largest absolute Gasteiger partial charge is 0.493 e. The van der Waals surface area contributed by atoms with Crippen LogP contribution in [0.25, 0.3) is 0 Å². The highest BCUT2D eigenvalue weighted by atomic mass is 16.7. The van der Waals surface area contributed by atoms with Crippen molar-refractivity contribution in [2.45, 2.75) is 104 Å². The SMILES string of the molecule is CC(C)C(=O)O.CCOCC(=O)OCOc1c(OC)ccnc1C(=O)N[C@H]1CCCCC(CC2CCCC2)CC(C)OC1=O. The van der Waals surface area contributed by atoms with E-state index < -0.39 is 36.6 Å². The summed E-state index contributed by atoms with van der Waals surface area (Å²) in [6, 6.07) is 0.719. The Hall–Kier alpha value is -3.41. The van der Waals surface area contributed by atoms with Gasteiger partial charge in [-0.2, -0.15) is 0 Å². The van der Waals surface area contributed by atoms with Crippen LogP contribution in [-0.4, -0.2) is 73.2 Å². The molecule has 1 aromatic rings. The number of aromatic nitrogens is 1. The van der Waals surface area contributed by atoms with E-state index >= 15 is 0 Å². The Morgan fingerprint density at radius 3 is 2.34 bits per heavy atom. The maximum atomic E-state index is 13.2. The fourth-order valence-electron chi connectivity index (χ4n) is 5.38. The summed E-state index contributed by atoms with van der Waals surface area (Å²) < 4.78 is 26.6. The minimum absolute atomic E-state index is 0.00747. The number of pyridine rings is 1. The topological polar surface area (TPSA) is 160 Å². The lowest BCUT2D eigenvalue weighted by Gasteiger charge is -2.27. The Morgan fingerprint density at radius 1 is 1.09 bits per heavy atom. The number of carboxylic acids is 1. The highest BCUT2D eigenvalue weighted by Crippen LogP contribution is 2.35. The molecule has 1 saturated heterocycles. The number of nitrogens with zero attached hydrogens (tertiary/aromatic N) is 1. The Morgan fingerprint density at radius 2 is 1.73 bits per heavy atom.